The molecule has 3 aromatic heterocycles. The molecule has 0 aromatic carbocycles. The Hall–Kier alpha value is -3.42. The first kappa shape index (κ1) is 19.5. The second kappa shape index (κ2) is 8.37. The van der Waals surface area contributed by atoms with Gasteiger partial charge in [0.1, 0.15) is 5.82 Å². The fourth-order valence-electron chi connectivity index (χ4n) is 4.36. The van der Waals surface area contributed by atoms with Crippen molar-refractivity contribution in [2.24, 2.45) is 5.92 Å². The average Bonchev–Trinajstić information content (AvgIpc) is 3.20. The van der Waals surface area contributed by atoms with Gasteiger partial charge in [-0.25, -0.2) is 15.0 Å². The number of pyridine rings is 2. The van der Waals surface area contributed by atoms with E-state index in [1.165, 1.54) is 0 Å². The van der Waals surface area contributed by atoms with Gasteiger partial charge in [0, 0.05) is 37.4 Å². The van der Waals surface area contributed by atoms with Gasteiger partial charge in [-0.05, 0) is 43.4 Å². The molecule has 2 atom stereocenters. The summed E-state index contributed by atoms with van der Waals surface area (Å²) in [5.41, 5.74) is 1.79. The van der Waals surface area contributed by atoms with Gasteiger partial charge in [0.15, 0.2) is 0 Å². The van der Waals surface area contributed by atoms with Gasteiger partial charge in [-0.2, -0.15) is 0 Å². The first-order valence-electron chi connectivity index (χ1n) is 10.9. The molecule has 4 heterocycles. The van der Waals surface area contributed by atoms with Gasteiger partial charge < -0.3 is 15.5 Å². The Morgan fingerprint density at radius 1 is 0.903 bits per heavy atom. The molecule has 3 aromatic rings. The van der Waals surface area contributed by atoms with Gasteiger partial charge in [-0.3, -0.25) is 9.36 Å². The lowest BCUT2D eigenvalue weighted by atomic mass is 10.0. The standard InChI is InChI=1S/C23H27N7O/c1-16-14-29(15-16)20-12-25-23(26-13-20)28-18-6-5-17(10-18)27-21-8-7-19(11-24-21)30-9-3-2-4-22(30)31/h2-4,7-9,11-13,16-18H,5-6,10,14-15H2,1H3,(H,24,27)(H,25,26,28)/t17-,18-/m0/s1. The SMILES string of the molecule is CC1CN(c2cnc(N[C@H]3CC[C@H](Nc4ccc(-n5ccccc5=O)cn4)C3)nc2)C1. The van der Waals surface area contributed by atoms with Crippen molar-refractivity contribution in [3.8, 4) is 5.69 Å². The van der Waals surface area contributed by atoms with Crippen molar-refractivity contribution in [1.29, 1.82) is 0 Å². The normalized spacial score (nSPS) is 21.0. The van der Waals surface area contributed by atoms with Crippen molar-refractivity contribution >= 4 is 17.5 Å². The van der Waals surface area contributed by atoms with E-state index < -0.39 is 0 Å². The molecule has 160 valence electrons. The maximum atomic E-state index is 12.0. The molecule has 1 saturated heterocycles. The van der Waals surface area contributed by atoms with Crippen molar-refractivity contribution in [2.45, 2.75) is 38.3 Å². The minimum atomic E-state index is -0.0654. The van der Waals surface area contributed by atoms with Crippen LogP contribution in [0.25, 0.3) is 5.69 Å². The number of hydrogen-bond donors (Lipinski definition) is 2. The highest BCUT2D eigenvalue weighted by atomic mass is 16.1. The Morgan fingerprint density at radius 3 is 2.32 bits per heavy atom. The predicted octanol–water partition coefficient (Wildman–Crippen LogP) is 2.92. The molecule has 5 rings (SSSR count). The van der Waals surface area contributed by atoms with Crippen LogP contribution in [0.2, 0.25) is 0 Å². The maximum Gasteiger partial charge on any atom is 0.255 e. The Balaban J connectivity index is 1.14. The molecule has 2 N–H and O–H groups in total. The molecule has 1 aliphatic carbocycles. The Bertz CT molecular complexity index is 1070. The molecule has 1 saturated carbocycles. The first-order chi connectivity index (χ1) is 15.1. The van der Waals surface area contributed by atoms with Crippen LogP contribution in [0.5, 0.6) is 0 Å². The summed E-state index contributed by atoms with van der Waals surface area (Å²) in [5, 5.41) is 6.97. The zero-order valence-corrected chi connectivity index (χ0v) is 17.6. The van der Waals surface area contributed by atoms with E-state index in [-0.39, 0.29) is 5.56 Å². The molecule has 0 unspecified atom stereocenters. The van der Waals surface area contributed by atoms with Crippen LogP contribution in [0.15, 0.2) is 59.9 Å². The van der Waals surface area contributed by atoms with E-state index in [2.05, 4.69) is 37.4 Å². The number of hydrogen-bond acceptors (Lipinski definition) is 7. The topological polar surface area (TPSA) is 88.0 Å². The minimum Gasteiger partial charge on any atom is -0.368 e. The predicted molar refractivity (Wildman–Crippen MR) is 122 cm³/mol. The molecule has 2 fully saturated rings. The third kappa shape index (κ3) is 4.38. The van der Waals surface area contributed by atoms with Crippen molar-refractivity contribution in [3.63, 3.8) is 0 Å². The van der Waals surface area contributed by atoms with E-state index in [9.17, 15) is 4.79 Å². The number of nitrogens with one attached hydrogen (secondary N) is 2. The molecule has 2 aliphatic rings. The van der Waals surface area contributed by atoms with Crippen LogP contribution >= 0.6 is 0 Å². The summed E-state index contributed by atoms with van der Waals surface area (Å²) >= 11 is 0. The molecule has 8 heteroatoms. The van der Waals surface area contributed by atoms with Crippen LogP contribution in [-0.2, 0) is 0 Å². The Kier molecular flexibility index (Phi) is 5.28. The third-order valence-electron chi connectivity index (χ3n) is 6.03. The Labute approximate surface area is 181 Å². The highest BCUT2D eigenvalue weighted by Crippen LogP contribution is 2.26. The van der Waals surface area contributed by atoms with Crippen LogP contribution in [0.4, 0.5) is 17.5 Å². The van der Waals surface area contributed by atoms with Gasteiger partial charge >= 0.3 is 0 Å². The third-order valence-corrected chi connectivity index (χ3v) is 6.03. The van der Waals surface area contributed by atoms with Gasteiger partial charge in [-0.15, -0.1) is 0 Å². The number of anilines is 3. The summed E-state index contributed by atoms with van der Waals surface area (Å²) in [4.78, 5) is 27.7. The number of aromatic nitrogens is 4. The lowest BCUT2D eigenvalue weighted by Gasteiger charge is -2.38. The fraction of sp³-hybridized carbons (Fsp3) is 0.391. The molecule has 1 aliphatic heterocycles. The van der Waals surface area contributed by atoms with Crippen LogP contribution in [0, 0.1) is 5.92 Å². The number of nitrogens with zero attached hydrogens (tertiary/aromatic N) is 5. The molecule has 8 nitrogen and oxygen atoms in total. The van der Waals surface area contributed by atoms with Gasteiger partial charge in [0.05, 0.1) is 30.0 Å². The van der Waals surface area contributed by atoms with Crippen LogP contribution in [0.1, 0.15) is 26.2 Å². The highest BCUT2D eigenvalue weighted by molar-refractivity contribution is 5.47. The molecular weight excluding hydrogens is 390 g/mol. The van der Waals surface area contributed by atoms with Gasteiger partial charge in [-0.1, -0.05) is 13.0 Å². The monoisotopic (exact) mass is 417 g/mol. The minimum absolute atomic E-state index is 0.0654. The van der Waals surface area contributed by atoms with E-state index >= 15 is 0 Å². The van der Waals surface area contributed by atoms with Gasteiger partial charge in [0.25, 0.3) is 5.56 Å². The lowest BCUT2D eigenvalue weighted by molar-refractivity contribution is 0.446. The summed E-state index contributed by atoms with van der Waals surface area (Å²) < 4.78 is 1.58. The van der Waals surface area contributed by atoms with Crippen LogP contribution < -0.4 is 21.1 Å². The molecule has 0 amide bonds. The van der Waals surface area contributed by atoms with Crippen molar-refractivity contribution in [2.75, 3.05) is 28.6 Å². The molecule has 0 spiro atoms. The van der Waals surface area contributed by atoms with E-state index in [0.717, 1.165) is 55.5 Å². The highest BCUT2D eigenvalue weighted by Gasteiger charge is 2.26. The van der Waals surface area contributed by atoms with Crippen molar-refractivity contribution in [1.82, 2.24) is 19.5 Å². The summed E-state index contributed by atoms with van der Waals surface area (Å²) in [7, 11) is 0. The second-order valence-corrected chi connectivity index (χ2v) is 8.58. The fourth-order valence-corrected chi connectivity index (χ4v) is 4.36. The van der Waals surface area contributed by atoms with Crippen molar-refractivity contribution < 1.29 is 0 Å². The average molecular weight is 418 g/mol. The Morgan fingerprint density at radius 2 is 1.65 bits per heavy atom. The van der Waals surface area contributed by atoms with Crippen LogP contribution in [-0.4, -0.2) is 44.7 Å². The van der Waals surface area contributed by atoms with Gasteiger partial charge in [0.2, 0.25) is 5.95 Å². The summed E-state index contributed by atoms with van der Waals surface area (Å²) in [6.45, 7) is 4.43. The van der Waals surface area contributed by atoms with Crippen molar-refractivity contribution in [3.05, 3.63) is 65.5 Å². The van der Waals surface area contributed by atoms with E-state index in [1.807, 2.05) is 30.6 Å². The second-order valence-electron chi connectivity index (χ2n) is 8.58. The zero-order valence-electron chi connectivity index (χ0n) is 17.6. The summed E-state index contributed by atoms with van der Waals surface area (Å²) in [6.07, 6.45) is 10.4. The summed E-state index contributed by atoms with van der Waals surface area (Å²) in [5.74, 6) is 2.27. The summed E-state index contributed by atoms with van der Waals surface area (Å²) in [6, 6.07) is 9.64. The quantitative estimate of drug-likeness (QED) is 0.638. The van der Waals surface area contributed by atoms with E-state index in [4.69, 9.17) is 0 Å². The smallest absolute Gasteiger partial charge is 0.255 e. The largest absolute Gasteiger partial charge is 0.368 e. The van der Waals surface area contributed by atoms with E-state index in [0.29, 0.717) is 18.0 Å². The number of rotatable bonds is 6. The molecule has 0 radical (unpaired) electrons. The zero-order chi connectivity index (χ0) is 21.2. The molecule has 0 bridgehead atoms. The maximum absolute atomic E-state index is 12.0. The van der Waals surface area contributed by atoms with Crippen LogP contribution in [0.3, 0.4) is 0 Å². The first-order valence-corrected chi connectivity index (χ1v) is 10.9. The van der Waals surface area contributed by atoms with E-state index in [1.54, 1.807) is 29.1 Å². The molecule has 31 heavy (non-hydrogen) atoms. The lowest BCUT2D eigenvalue weighted by Crippen LogP contribution is -2.45. The molecular formula is C23H27N7O.